The minimum atomic E-state index is -1.81. The lowest BCUT2D eigenvalue weighted by Crippen LogP contribution is -2.66. The quantitative estimate of drug-likeness (QED) is 0.543. The molecule has 0 spiro atoms. The Morgan fingerprint density at radius 2 is 1.64 bits per heavy atom. The molecule has 4 nitrogen and oxygen atoms in total. The molecule has 1 aliphatic rings. The zero-order chi connectivity index (χ0) is 16.6. The van der Waals surface area contributed by atoms with Crippen LogP contribution in [0.5, 0.6) is 5.75 Å². The summed E-state index contributed by atoms with van der Waals surface area (Å²) in [4.78, 5) is 0. The number of halogens is 6. The minimum absolute atomic E-state index is 0.644. The summed E-state index contributed by atoms with van der Waals surface area (Å²) in [5.74, 6) is 0.666. The normalized spacial score (nSPS) is 23.2. The number of benzene rings is 1. The van der Waals surface area contributed by atoms with Crippen molar-refractivity contribution in [2.45, 2.75) is 13.2 Å². The highest BCUT2D eigenvalue weighted by molar-refractivity contribution is 6.69. The molecule has 10 heteroatoms. The molecule has 0 aromatic heterocycles. The lowest BCUT2D eigenvalue weighted by atomic mass is 9.91. The SMILES string of the molecule is COc1ccc(C2(C(Cl)(Cl)Cl)C=CNN(C(Cl)(Cl)Cl)N2)cc1. The molecule has 0 amide bonds. The third-order valence-electron chi connectivity index (χ3n) is 3.07. The average molecular weight is 426 g/mol. The Morgan fingerprint density at radius 3 is 2.09 bits per heavy atom. The Kier molecular flexibility index (Phi) is 5.58. The van der Waals surface area contributed by atoms with E-state index in [1.165, 1.54) is 6.20 Å². The lowest BCUT2D eigenvalue weighted by molar-refractivity contribution is 0.0673. The van der Waals surface area contributed by atoms with Crippen LogP contribution < -0.4 is 15.6 Å². The monoisotopic (exact) mass is 423 g/mol. The van der Waals surface area contributed by atoms with Gasteiger partial charge in [0.2, 0.25) is 3.79 Å². The van der Waals surface area contributed by atoms with Gasteiger partial charge in [0.05, 0.1) is 7.11 Å². The number of ether oxygens (including phenoxy) is 1. The van der Waals surface area contributed by atoms with E-state index >= 15 is 0 Å². The molecule has 0 fully saturated rings. The molecular formula is C12H11Cl6N3O. The highest BCUT2D eigenvalue weighted by Crippen LogP contribution is 2.48. The van der Waals surface area contributed by atoms with Crippen LogP contribution in [0, 0.1) is 0 Å². The molecule has 0 saturated heterocycles. The Labute approximate surface area is 158 Å². The molecule has 1 heterocycles. The van der Waals surface area contributed by atoms with Gasteiger partial charge in [-0.15, -0.1) is 5.12 Å². The number of alkyl halides is 6. The number of hydrazine groups is 2. The molecule has 1 unspecified atom stereocenters. The Morgan fingerprint density at radius 1 is 1.05 bits per heavy atom. The van der Waals surface area contributed by atoms with Crippen molar-refractivity contribution in [3.8, 4) is 5.75 Å². The highest BCUT2D eigenvalue weighted by Gasteiger charge is 2.52. The van der Waals surface area contributed by atoms with Gasteiger partial charge < -0.3 is 10.2 Å². The van der Waals surface area contributed by atoms with Gasteiger partial charge in [0.1, 0.15) is 11.3 Å². The summed E-state index contributed by atoms with van der Waals surface area (Å²) in [5.41, 5.74) is 5.02. The Hall–Kier alpha value is 0.220. The van der Waals surface area contributed by atoms with Gasteiger partial charge >= 0.3 is 0 Å². The van der Waals surface area contributed by atoms with Crippen molar-refractivity contribution in [1.82, 2.24) is 16.0 Å². The van der Waals surface area contributed by atoms with E-state index in [9.17, 15) is 0 Å². The number of hydrogen-bond donors (Lipinski definition) is 2. The summed E-state index contributed by atoms with van der Waals surface area (Å²) in [6, 6.07) is 6.98. The molecule has 0 saturated carbocycles. The minimum Gasteiger partial charge on any atom is -0.497 e. The van der Waals surface area contributed by atoms with Crippen molar-refractivity contribution < 1.29 is 4.74 Å². The number of nitrogens with one attached hydrogen (secondary N) is 2. The molecule has 1 aliphatic heterocycles. The van der Waals surface area contributed by atoms with E-state index in [0.29, 0.717) is 11.3 Å². The smallest absolute Gasteiger partial charge is 0.277 e. The molecular weight excluding hydrogens is 415 g/mol. The maximum absolute atomic E-state index is 6.19. The van der Waals surface area contributed by atoms with Crippen molar-refractivity contribution in [2.24, 2.45) is 0 Å². The highest BCUT2D eigenvalue weighted by atomic mass is 35.6. The van der Waals surface area contributed by atoms with E-state index in [0.717, 1.165) is 5.12 Å². The van der Waals surface area contributed by atoms with Gasteiger partial charge in [-0.05, 0) is 23.8 Å². The van der Waals surface area contributed by atoms with Gasteiger partial charge in [-0.25, -0.2) is 5.43 Å². The first-order chi connectivity index (χ1) is 10.1. The summed E-state index contributed by atoms with van der Waals surface area (Å²) in [7, 11) is 1.56. The van der Waals surface area contributed by atoms with E-state index in [1.54, 1.807) is 37.5 Å². The van der Waals surface area contributed by atoms with Crippen LogP contribution in [0.15, 0.2) is 36.5 Å². The topological polar surface area (TPSA) is 36.5 Å². The van der Waals surface area contributed by atoms with E-state index in [2.05, 4.69) is 10.9 Å². The largest absolute Gasteiger partial charge is 0.497 e. The molecule has 1 aromatic rings. The number of rotatable bonds is 2. The number of methoxy groups -OCH3 is 1. The van der Waals surface area contributed by atoms with Gasteiger partial charge in [-0.3, -0.25) is 0 Å². The standard InChI is InChI=1S/C12H11Cl6N3O/c1-22-9-4-2-8(3-5-9)10(11(13,14)15)6-7-19-21(20-10)12(16,17)18/h2-7,19-20H,1H3. The predicted molar refractivity (Wildman–Crippen MR) is 92.5 cm³/mol. The Balaban J connectivity index is 2.49. The van der Waals surface area contributed by atoms with Crippen molar-refractivity contribution in [1.29, 1.82) is 0 Å². The van der Waals surface area contributed by atoms with Crippen LogP contribution in [0.25, 0.3) is 0 Å². The summed E-state index contributed by atoms with van der Waals surface area (Å²) in [6.45, 7) is 0. The van der Waals surface area contributed by atoms with E-state index < -0.39 is 13.2 Å². The molecule has 0 bridgehead atoms. The fourth-order valence-electron chi connectivity index (χ4n) is 1.96. The van der Waals surface area contributed by atoms with Crippen LogP contribution in [-0.4, -0.2) is 19.9 Å². The predicted octanol–water partition coefficient (Wildman–Crippen LogP) is 4.43. The van der Waals surface area contributed by atoms with Crippen LogP contribution in [0.4, 0.5) is 0 Å². The third kappa shape index (κ3) is 3.65. The lowest BCUT2D eigenvalue weighted by Gasteiger charge is -2.46. The summed E-state index contributed by atoms with van der Waals surface area (Å²) >= 11 is 36.2. The van der Waals surface area contributed by atoms with Crippen molar-refractivity contribution >= 4 is 69.6 Å². The second kappa shape index (κ2) is 6.61. The maximum atomic E-state index is 6.19. The van der Waals surface area contributed by atoms with Crippen molar-refractivity contribution in [3.05, 3.63) is 42.1 Å². The molecule has 2 N–H and O–H groups in total. The van der Waals surface area contributed by atoms with Crippen LogP contribution in [0.1, 0.15) is 5.56 Å². The molecule has 0 radical (unpaired) electrons. The van der Waals surface area contributed by atoms with E-state index in [-0.39, 0.29) is 0 Å². The van der Waals surface area contributed by atoms with Gasteiger partial charge in [0.15, 0.2) is 0 Å². The van der Waals surface area contributed by atoms with Gasteiger partial charge in [0.25, 0.3) is 3.92 Å². The molecule has 22 heavy (non-hydrogen) atoms. The fraction of sp³-hybridized carbons (Fsp3) is 0.333. The zero-order valence-electron chi connectivity index (χ0n) is 11.1. The Bertz CT molecular complexity index is 553. The van der Waals surface area contributed by atoms with E-state index in [4.69, 9.17) is 74.3 Å². The molecule has 1 aromatic carbocycles. The summed E-state index contributed by atoms with van der Waals surface area (Å²) in [6.07, 6.45) is 3.15. The van der Waals surface area contributed by atoms with Crippen LogP contribution in [0.2, 0.25) is 0 Å². The summed E-state index contributed by atoms with van der Waals surface area (Å²) < 4.78 is 1.55. The second-order valence-electron chi connectivity index (χ2n) is 4.41. The first-order valence-corrected chi connectivity index (χ1v) is 8.17. The average Bonchev–Trinajstić information content (AvgIpc) is 2.45. The summed E-state index contributed by atoms with van der Waals surface area (Å²) in [5, 5.41) is 1.11. The van der Waals surface area contributed by atoms with Gasteiger partial charge in [-0.2, -0.15) is 0 Å². The maximum Gasteiger partial charge on any atom is 0.277 e. The first kappa shape index (κ1) is 18.6. The molecule has 0 aliphatic carbocycles. The van der Waals surface area contributed by atoms with E-state index in [1.807, 2.05) is 0 Å². The molecule has 2 rings (SSSR count). The first-order valence-electron chi connectivity index (χ1n) is 5.90. The second-order valence-corrected chi connectivity index (χ2v) is 8.91. The van der Waals surface area contributed by atoms with Gasteiger partial charge in [-0.1, -0.05) is 81.7 Å². The molecule has 1 atom stereocenters. The van der Waals surface area contributed by atoms with Crippen LogP contribution in [0.3, 0.4) is 0 Å². The molecule has 122 valence electrons. The van der Waals surface area contributed by atoms with Crippen molar-refractivity contribution in [3.63, 3.8) is 0 Å². The van der Waals surface area contributed by atoms with Crippen molar-refractivity contribution in [2.75, 3.05) is 7.11 Å². The third-order valence-corrected chi connectivity index (χ3v) is 4.47. The number of hydrogen-bond acceptors (Lipinski definition) is 4. The van der Waals surface area contributed by atoms with Gasteiger partial charge in [0, 0.05) is 6.20 Å². The zero-order valence-corrected chi connectivity index (χ0v) is 15.6. The van der Waals surface area contributed by atoms with Crippen LogP contribution in [-0.2, 0) is 5.54 Å². The van der Waals surface area contributed by atoms with Crippen LogP contribution >= 0.6 is 69.6 Å². The fourth-order valence-corrected chi connectivity index (χ4v) is 2.87. The number of nitrogens with zero attached hydrogens (tertiary/aromatic N) is 1.